The molecule has 2 amide bonds. The van der Waals surface area contributed by atoms with Crippen LogP contribution in [0.3, 0.4) is 0 Å². The minimum atomic E-state index is -0.522. The summed E-state index contributed by atoms with van der Waals surface area (Å²) in [5, 5.41) is 3.23. The summed E-state index contributed by atoms with van der Waals surface area (Å²) in [4.78, 5) is 24.8. The Labute approximate surface area is 183 Å². The second-order valence-corrected chi connectivity index (χ2v) is 7.21. The van der Waals surface area contributed by atoms with E-state index >= 15 is 0 Å². The van der Waals surface area contributed by atoms with E-state index in [-0.39, 0.29) is 11.7 Å². The topological polar surface area (TPSA) is 114 Å². The molecule has 6 nitrogen and oxygen atoms in total. The fourth-order valence-corrected chi connectivity index (χ4v) is 3.58. The zero-order valence-electron chi connectivity index (χ0n) is 17.1. The van der Waals surface area contributed by atoms with Crippen LogP contribution >= 0.6 is 0 Å². The van der Waals surface area contributed by atoms with Crippen molar-refractivity contribution in [3.8, 4) is 22.4 Å². The number of rotatable bonds is 4. The second-order valence-electron chi connectivity index (χ2n) is 7.21. The van der Waals surface area contributed by atoms with Crippen LogP contribution in [0.1, 0.15) is 15.9 Å². The first-order valence-electron chi connectivity index (χ1n) is 9.95. The van der Waals surface area contributed by atoms with Crippen molar-refractivity contribution in [1.82, 2.24) is 10.3 Å². The second kappa shape index (κ2) is 8.87. The summed E-state index contributed by atoms with van der Waals surface area (Å²) in [6, 6.07) is 19.7. The Bertz CT molecular complexity index is 1360. The van der Waals surface area contributed by atoms with Crippen LogP contribution in [0.15, 0.2) is 79.0 Å². The lowest BCUT2D eigenvalue weighted by molar-refractivity contribution is -0.117. The van der Waals surface area contributed by atoms with Gasteiger partial charge < -0.3 is 21.8 Å². The molecule has 3 aromatic carbocycles. The minimum Gasteiger partial charge on any atom is -0.366 e. The number of benzene rings is 3. The van der Waals surface area contributed by atoms with Gasteiger partial charge in [-0.15, -0.1) is 0 Å². The van der Waals surface area contributed by atoms with Gasteiger partial charge in [-0.3, -0.25) is 9.59 Å². The molecular weight excluding hydrogens is 407 g/mol. The predicted octanol–water partition coefficient (Wildman–Crippen LogP) is 3.83. The van der Waals surface area contributed by atoms with Crippen molar-refractivity contribution < 1.29 is 14.0 Å². The zero-order valence-corrected chi connectivity index (χ0v) is 17.1. The fraction of sp³-hybridized carbons (Fsp3) is 0.0400. The standard InChI is InChI=1S/C22H18FN3O.C3H3NO/c23-15-6-3-5-13(10-15)20-11-19-17(16-7-2-1-4-14(16)12-24)8-9-18(22(25)27)21(19)26-20;5-3-1-2-4-3/h1-11,26H,12,24H2,(H2,25,27);1-2H,(H,4,5). The third-order valence-electron chi connectivity index (χ3n) is 5.18. The highest BCUT2D eigenvalue weighted by molar-refractivity contribution is 6.10. The van der Waals surface area contributed by atoms with Gasteiger partial charge in [0.05, 0.1) is 11.1 Å². The van der Waals surface area contributed by atoms with Crippen molar-refractivity contribution >= 4 is 22.7 Å². The highest BCUT2D eigenvalue weighted by Gasteiger charge is 2.16. The van der Waals surface area contributed by atoms with Crippen LogP contribution in [-0.2, 0) is 11.3 Å². The number of aromatic amines is 1. The van der Waals surface area contributed by atoms with Gasteiger partial charge in [0.1, 0.15) is 5.82 Å². The van der Waals surface area contributed by atoms with E-state index in [1.54, 1.807) is 18.3 Å². The molecule has 0 spiro atoms. The van der Waals surface area contributed by atoms with Gasteiger partial charge >= 0.3 is 0 Å². The molecule has 0 unspecified atom stereocenters. The number of amides is 2. The van der Waals surface area contributed by atoms with Gasteiger partial charge in [0.2, 0.25) is 5.91 Å². The number of H-pyrrole nitrogens is 1. The molecule has 6 N–H and O–H groups in total. The lowest BCUT2D eigenvalue weighted by Crippen LogP contribution is -2.22. The smallest absolute Gasteiger partial charge is 0.250 e. The van der Waals surface area contributed by atoms with E-state index < -0.39 is 5.91 Å². The molecule has 1 aliphatic heterocycles. The summed E-state index contributed by atoms with van der Waals surface area (Å²) in [6.07, 6.45) is 3.07. The van der Waals surface area contributed by atoms with Gasteiger partial charge in [-0.1, -0.05) is 42.5 Å². The number of aromatic nitrogens is 1. The van der Waals surface area contributed by atoms with Crippen molar-refractivity contribution in [3.63, 3.8) is 0 Å². The first-order valence-corrected chi connectivity index (χ1v) is 9.95. The van der Waals surface area contributed by atoms with Crippen LogP contribution in [0.5, 0.6) is 0 Å². The summed E-state index contributed by atoms with van der Waals surface area (Å²) in [7, 11) is 0. The predicted molar refractivity (Wildman–Crippen MR) is 123 cm³/mol. The van der Waals surface area contributed by atoms with Crippen LogP contribution in [0.2, 0.25) is 0 Å². The van der Waals surface area contributed by atoms with E-state index in [0.29, 0.717) is 28.9 Å². The molecule has 160 valence electrons. The van der Waals surface area contributed by atoms with E-state index in [1.165, 1.54) is 18.2 Å². The average Bonchev–Trinajstić information content (AvgIpc) is 3.23. The van der Waals surface area contributed by atoms with Gasteiger partial charge in [0.15, 0.2) is 0 Å². The summed E-state index contributed by atoms with van der Waals surface area (Å²) >= 11 is 0. The maximum Gasteiger partial charge on any atom is 0.250 e. The van der Waals surface area contributed by atoms with E-state index in [4.69, 9.17) is 11.5 Å². The highest BCUT2D eigenvalue weighted by Crippen LogP contribution is 2.35. The molecule has 1 aliphatic rings. The van der Waals surface area contributed by atoms with Crippen molar-refractivity contribution in [2.45, 2.75) is 6.54 Å². The number of carbonyl (C=O) groups excluding carboxylic acids is 2. The molecule has 0 radical (unpaired) electrons. The van der Waals surface area contributed by atoms with Crippen molar-refractivity contribution in [1.29, 1.82) is 0 Å². The first-order chi connectivity index (χ1) is 15.5. The maximum absolute atomic E-state index is 13.7. The molecule has 0 atom stereocenters. The Hall–Kier alpha value is -4.23. The van der Waals surface area contributed by atoms with Crippen molar-refractivity contribution in [2.75, 3.05) is 0 Å². The largest absolute Gasteiger partial charge is 0.366 e. The monoisotopic (exact) mass is 428 g/mol. The molecule has 0 fully saturated rings. The number of carbonyl (C=O) groups is 2. The molecule has 1 aromatic heterocycles. The first kappa shape index (κ1) is 21.0. The quantitative estimate of drug-likeness (QED) is 0.396. The number of nitrogens with one attached hydrogen (secondary N) is 2. The SMILES string of the molecule is NCc1ccccc1-c1ccc(C(N)=O)c2[nH]c(-c3cccc(F)c3)cc12.O=C1C=CN1. The van der Waals surface area contributed by atoms with Gasteiger partial charge in [-0.25, -0.2) is 4.39 Å². The molecule has 0 bridgehead atoms. The molecule has 0 aliphatic carbocycles. The van der Waals surface area contributed by atoms with E-state index in [0.717, 1.165) is 22.1 Å². The molecular formula is C25H21FN4O2. The van der Waals surface area contributed by atoms with E-state index in [9.17, 15) is 14.0 Å². The zero-order chi connectivity index (χ0) is 22.7. The molecule has 7 heteroatoms. The molecule has 2 heterocycles. The maximum atomic E-state index is 13.7. The average molecular weight is 428 g/mol. The third-order valence-corrected chi connectivity index (χ3v) is 5.18. The Kier molecular flexibility index (Phi) is 5.83. The van der Waals surface area contributed by atoms with Crippen molar-refractivity contribution in [2.24, 2.45) is 11.5 Å². The molecule has 4 aromatic rings. The Morgan fingerprint density at radius 3 is 2.34 bits per heavy atom. The Morgan fingerprint density at radius 1 is 0.969 bits per heavy atom. The lowest BCUT2D eigenvalue weighted by Gasteiger charge is -2.10. The van der Waals surface area contributed by atoms with Crippen LogP contribution in [-0.4, -0.2) is 16.8 Å². The number of nitrogens with two attached hydrogens (primary N) is 2. The van der Waals surface area contributed by atoms with Crippen LogP contribution in [0.25, 0.3) is 33.3 Å². The van der Waals surface area contributed by atoms with Gasteiger partial charge in [-0.2, -0.15) is 0 Å². The van der Waals surface area contributed by atoms with Crippen LogP contribution in [0, 0.1) is 5.82 Å². The normalized spacial score (nSPS) is 12.0. The molecule has 5 rings (SSSR count). The van der Waals surface area contributed by atoms with Gasteiger partial charge in [0.25, 0.3) is 5.91 Å². The van der Waals surface area contributed by atoms with Crippen LogP contribution in [0.4, 0.5) is 4.39 Å². The minimum absolute atomic E-state index is 0.00463. The number of halogens is 1. The lowest BCUT2D eigenvalue weighted by atomic mass is 9.95. The molecule has 32 heavy (non-hydrogen) atoms. The van der Waals surface area contributed by atoms with Crippen LogP contribution < -0.4 is 16.8 Å². The van der Waals surface area contributed by atoms with E-state index in [1.807, 2.05) is 42.5 Å². The Balaban J connectivity index is 0.000000433. The van der Waals surface area contributed by atoms with Crippen molar-refractivity contribution in [3.05, 3.63) is 96.0 Å². The van der Waals surface area contributed by atoms with Gasteiger partial charge in [0, 0.05) is 35.5 Å². The molecule has 0 saturated carbocycles. The summed E-state index contributed by atoms with van der Waals surface area (Å²) < 4.78 is 13.7. The van der Waals surface area contributed by atoms with Gasteiger partial charge in [-0.05, 0) is 41.0 Å². The number of hydrogen-bond acceptors (Lipinski definition) is 3. The summed E-state index contributed by atoms with van der Waals surface area (Å²) in [5.41, 5.74) is 16.8. The molecule has 0 saturated heterocycles. The summed E-state index contributed by atoms with van der Waals surface area (Å²) in [5.74, 6) is -0.841. The fourth-order valence-electron chi connectivity index (χ4n) is 3.58. The van der Waals surface area contributed by atoms with E-state index in [2.05, 4.69) is 10.3 Å². The highest BCUT2D eigenvalue weighted by atomic mass is 19.1. The third kappa shape index (κ3) is 4.14. The Morgan fingerprint density at radius 2 is 1.72 bits per heavy atom. The number of primary amides is 1. The summed E-state index contributed by atoms with van der Waals surface area (Å²) in [6.45, 7) is 0.399. The number of fused-ring (bicyclic) bond motifs is 1. The number of hydrogen-bond donors (Lipinski definition) is 4.